The van der Waals surface area contributed by atoms with E-state index < -0.39 is 5.91 Å². The van der Waals surface area contributed by atoms with Crippen LogP contribution in [0, 0.1) is 0 Å². The lowest BCUT2D eigenvalue weighted by molar-refractivity contribution is -0.117. The summed E-state index contributed by atoms with van der Waals surface area (Å²) in [5, 5.41) is 6.91. The first-order valence-corrected chi connectivity index (χ1v) is 10.2. The van der Waals surface area contributed by atoms with Crippen molar-refractivity contribution >= 4 is 29.3 Å². The molecule has 0 unspecified atom stereocenters. The normalized spacial score (nSPS) is 11.6. The highest BCUT2D eigenvalue weighted by Gasteiger charge is 2.14. The molecule has 0 saturated heterocycles. The third kappa shape index (κ3) is 6.15. The topological polar surface area (TPSA) is 73.8 Å². The number of rotatable bonds is 7. The fourth-order valence-electron chi connectivity index (χ4n) is 2.92. The van der Waals surface area contributed by atoms with Crippen LogP contribution in [-0.4, -0.2) is 31.6 Å². The summed E-state index contributed by atoms with van der Waals surface area (Å²) in [5.41, 5.74) is 6.46. The number of hydrazone groups is 1. The lowest BCUT2D eigenvalue weighted by Gasteiger charge is -2.13. The second-order valence-corrected chi connectivity index (χ2v) is 7.37. The van der Waals surface area contributed by atoms with Crippen molar-refractivity contribution in [3.63, 3.8) is 0 Å². The number of amides is 2. The van der Waals surface area contributed by atoms with E-state index in [4.69, 9.17) is 0 Å². The molecule has 3 aromatic carbocycles. The molecule has 32 heavy (non-hydrogen) atoms. The Morgan fingerprint density at radius 3 is 1.94 bits per heavy atom. The van der Waals surface area contributed by atoms with Gasteiger partial charge < -0.3 is 10.2 Å². The van der Waals surface area contributed by atoms with Crippen LogP contribution >= 0.6 is 0 Å². The van der Waals surface area contributed by atoms with Crippen molar-refractivity contribution in [2.75, 3.05) is 19.0 Å². The van der Waals surface area contributed by atoms with E-state index in [1.54, 1.807) is 30.3 Å². The molecule has 0 spiro atoms. The second-order valence-electron chi connectivity index (χ2n) is 7.37. The monoisotopic (exact) mass is 426 g/mol. The molecule has 6 nitrogen and oxygen atoms in total. The highest BCUT2D eigenvalue weighted by Crippen LogP contribution is 2.14. The smallest absolute Gasteiger partial charge is 0.287 e. The third-order valence-electron chi connectivity index (χ3n) is 4.77. The summed E-state index contributed by atoms with van der Waals surface area (Å²) in [5.74, 6) is -0.887. The standard InChI is InChI=1S/C26H26N4O2/c1-19(21-10-6-4-7-11-21)28-29-26(32)24(27-25(31)22-12-8-5-9-13-22)18-20-14-16-23(17-15-20)30(2)3/h4-18H,1-3H3,(H,27,31)(H,29,32)/b24-18-,28-19+. The molecule has 162 valence electrons. The van der Waals surface area contributed by atoms with E-state index in [0.717, 1.165) is 16.8 Å². The average molecular weight is 427 g/mol. The molecule has 0 radical (unpaired) electrons. The third-order valence-corrected chi connectivity index (χ3v) is 4.77. The van der Waals surface area contributed by atoms with E-state index in [2.05, 4.69) is 15.8 Å². The number of benzene rings is 3. The molecule has 2 N–H and O–H groups in total. The minimum atomic E-state index is -0.513. The molecule has 0 heterocycles. The lowest BCUT2D eigenvalue weighted by atomic mass is 10.1. The van der Waals surface area contributed by atoms with Gasteiger partial charge in [0, 0.05) is 25.3 Å². The molecule has 3 aromatic rings. The molecule has 2 amide bonds. The SMILES string of the molecule is C/C(=N\NC(=O)/C(=C/c1ccc(N(C)C)cc1)NC(=O)c1ccccc1)c1ccccc1. The van der Waals surface area contributed by atoms with Crippen LogP contribution in [0.3, 0.4) is 0 Å². The Morgan fingerprint density at radius 2 is 1.38 bits per heavy atom. The van der Waals surface area contributed by atoms with Gasteiger partial charge in [-0.1, -0.05) is 60.7 Å². The molecule has 0 aliphatic rings. The quantitative estimate of drug-likeness (QED) is 0.340. The van der Waals surface area contributed by atoms with Gasteiger partial charge in [0.15, 0.2) is 0 Å². The summed E-state index contributed by atoms with van der Waals surface area (Å²) < 4.78 is 0. The van der Waals surface area contributed by atoms with Crippen molar-refractivity contribution in [1.29, 1.82) is 0 Å². The molecule has 0 saturated carbocycles. The number of anilines is 1. The molecule has 0 aliphatic heterocycles. The van der Waals surface area contributed by atoms with E-state index in [1.165, 1.54) is 0 Å². The fourth-order valence-corrected chi connectivity index (χ4v) is 2.92. The Balaban J connectivity index is 1.85. The molecule has 0 bridgehead atoms. The van der Waals surface area contributed by atoms with Crippen LogP contribution < -0.4 is 15.6 Å². The van der Waals surface area contributed by atoms with E-state index in [9.17, 15) is 9.59 Å². The highest BCUT2D eigenvalue weighted by atomic mass is 16.2. The Bertz CT molecular complexity index is 1120. The molecule has 0 fully saturated rings. The molecule has 0 aliphatic carbocycles. The van der Waals surface area contributed by atoms with Gasteiger partial charge in [0.1, 0.15) is 5.70 Å². The zero-order valence-electron chi connectivity index (χ0n) is 18.4. The van der Waals surface area contributed by atoms with Crippen molar-refractivity contribution in [1.82, 2.24) is 10.7 Å². The first kappa shape index (κ1) is 22.5. The van der Waals surface area contributed by atoms with E-state index in [0.29, 0.717) is 11.3 Å². The predicted molar refractivity (Wildman–Crippen MR) is 129 cm³/mol. The highest BCUT2D eigenvalue weighted by molar-refractivity contribution is 6.06. The van der Waals surface area contributed by atoms with Gasteiger partial charge in [0.25, 0.3) is 11.8 Å². The van der Waals surface area contributed by atoms with Crippen LogP contribution in [0.5, 0.6) is 0 Å². The number of hydrogen-bond acceptors (Lipinski definition) is 4. The summed E-state index contributed by atoms with van der Waals surface area (Å²) in [6, 6.07) is 25.9. The maximum atomic E-state index is 12.9. The van der Waals surface area contributed by atoms with Crippen molar-refractivity contribution in [3.05, 3.63) is 107 Å². The number of hydrogen-bond donors (Lipinski definition) is 2. The molecule has 3 rings (SSSR count). The summed E-state index contributed by atoms with van der Waals surface area (Å²) >= 11 is 0. The predicted octanol–water partition coefficient (Wildman–Crippen LogP) is 4.06. The summed E-state index contributed by atoms with van der Waals surface area (Å²) in [6.07, 6.45) is 1.63. The van der Waals surface area contributed by atoms with E-state index in [-0.39, 0.29) is 11.6 Å². The summed E-state index contributed by atoms with van der Waals surface area (Å²) in [6.45, 7) is 1.81. The van der Waals surface area contributed by atoms with Gasteiger partial charge in [-0.2, -0.15) is 5.10 Å². The first-order chi connectivity index (χ1) is 15.4. The summed E-state index contributed by atoms with van der Waals surface area (Å²) in [7, 11) is 3.91. The van der Waals surface area contributed by atoms with Crippen molar-refractivity contribution in [2.24, 2.45) is 5.10 Å². The number of nitrogens with zero attached hydrogens (tertiary/aromatic N) is 2. The zero-order valence-corrected chi connectivity index (χ0v) is 18.4. The van der Waals surface area contributed by atoms with Gasteiger partial charge in [-0.3, -0.25) is 9.59 Å². The van der Waals surface area contributed by atoms with Gasteiger partial charge in [0.05, 0.1) is 5.71 Å². The van der Waals surface area contributed by atoms with Gasteiger partial charge in [-0.15, -0.1) is 0 Å². The van der Waals surface area contributed by atoms with Crippen LogP contribution in [-0.2, 0) is 4.79 Å². The second kappa shape index (κ2) is 10.7. The minimum absolute atomic E-state index is 0.0982. The maximum Gasteiger partial charge on any atom is 0.287 e. The molecule has 0 aromatic heterocycles. The van der Waals surface area contributed by atoms with Crippen LogP contribution in [0.4, 0.5) is 5.69 Å². The molecule has 6 heteroatoms. The first-order valence-electron chi connectivity index (χ1n) is 10.2. The zero-order chi connectivity index (χ0) is 22.9. The Labute approximate surface area is 188 Å². The van der Waals surface area contributed by atoms with Crippen LogP contribution in [0.1, 0.15) is 28.4 Å². The molecular formula is C26H26N4O2. The lowest BCUT2D eigenvalue weighted by Crippen LogP contribution is -2.33. The van der Waals surface area contributed by atoms with E-state index in [1.807, 2.05) is 86.6 Å². The van der Waals surface area contributed by atoms with Gasteiger partial charge in [-0.25, -0.2) is 5.43 Å². The van der Waals surface area contributed by atoms with Crippen LogP contribution in [0.25, 0.3) is 6.08 Å². The van der Waals surface area contributed by atoms with Crippen molar-refractivity contribution in [3.8, 4) is 0 Å². The number of carbonyl (C=O) groups excluding carboxylic acids is 2. The Hall–Kier alpha value is -4.19. The van der Waals surface area contributed by atoms with Gasteiger partial charge in [-0.05, 0) is 48.4 Å². The van der Waals surface area contributed by atoms with Crippen LogP contribution in [0.15, 0.2) is 95.7 Å². The Morgan fingerprint density at radius 1 is 0.812 bits per heavy atom. The van der Waals surface area contributed by atoms with Crippen LogP contribution in [0.2, 0.25) is 0 Å². The van der Waals surface area contributed by atoms with Gasteiger partial charge >= 0.3 is 0 Å². The molecule has 0 atom stereocenters. The van der Waals surface area contributed by atoms with Crippen molar-refractivity contribution in [2.45, 2.75) is 6.92 Å². The number of carbonyl (C=O) groups is 2. The molecular weight excluding hydrogens is 400 g/mol. The fraction of sp³-hybridized carbons (Fsp3) is 0.115. The minimum Gasteiger partial charge on any atom is -0.378 e. The van der Waals surface area contributed by atoms with E-state index >= 15 is 0 Å². The number of nitrogens with one attached hydrogen (secondary N) is 2. The Kier molecular flexibility index (Phi) is 7.54. The summed E-state index contributed by atoms with van der Waals surface area (Å²) in [4.78, 5) is 27.6. The van der Waals surface area contributed by atoms with Gasteiger partial charge in [0.2, 0.25) is 0 Å². The average Bonchev–Trinajstić information content (AvgIpc) is 2.83. The van der Waals surface area contributed by atoms with Crippen molar-refractivity contribution < 1.29 is 9.59 Å². The maximum absolute atomic E-state index is 12.9. The largest absolute Gasteiger partial charge is 0.378 e.